The maximum Gasteiger partial charge on any atom is 0.0288 e. The van der Waals surface area contributed by atoms with E-state index in [0.717, 1.165) is 25.2 Å². The molecule has 0 aromatic rings. The number of nitrogens with zero attached hydrogens (tertiary/aromatic N) is 1. The second-order valence-corrected chi connectivity index (χ2v) is 3.06. The van der Waals surface area contributed by atoms with Crippen molar-refractivity contribution in [3.05, 3.63) is 0 Å². The van der Waals surface area contributed by atoms with E-state index in [9.17, 15) is 0 Å². The van der Waals surface area contributed by atoms with E-state index in [-0.39, 0.29) is 0 Å². The molecule has 0 aromatic heterocycles. The Bertz CT molecular complexity index is 93.1. The first-order valence-electron chi connectivity index (χ1n) is 3.84. The summed E-state index contributed by atoms with van der Waals surface area (Å²) in [4.78, 5) is 0. The molecule has 2 heteroatoms. The molecular formula is C7H13N2. The normalized spacial score (nSPS) is 35.3. The summed E-state index contributed by atoms with van der Waals surface area (Å²) in [5, 5.41) is 7.84. The third-order valence-corrected chi connectivity index (χ3v) is 2.03. The summed E-state index contributed by atoms with van der Waals surface area (Å²) < 4.78 is 0. The molecule has 1 unspecified atom stereocenters. The number of hydrogen-bond acceptors (Lipinski definition) is 1. The Morgan fingerprint density at radius 2 is 2.00 bits per heavy atom. The van der Waals surface area contributed by atoms with Crippen LogP contribution in [0.2, 0.25) is 0 Å². The zero-order valence-electron chi connectivity index (χ0n) is 5.64. The lowest BCUT2D eigenvalue weighted by molar-refractivity contribution is 0.543. The van der Waals surface area contributed by atoms with Crippen LogP contribution in [0.25, 0.3) is 0 Å². The van der Waals surface area contributed by atoms with Crippen LogP contribution in [-0.2, 0) is 0 Å². The fourth-order valence-corrected chi connectivity index (χ4v) is 1.30. The molecule has 0 aromatic carbocycles. The SMILES string of the molecule is C1CC(NC2CC2)C[N]1. The van der Waals surface area contributed by atoms with Crippen LogP contribution in [0.3, 0.4) is 0 Å². The van der Waals surface area contributed by atoms with Crippen LogP contribution in [0, 0.1) is 0 Å². The van der Waals surface area contributed by atoms with Gasteiger partial charge in [-0.15, -0.1) is 0 Å². The summed E-state index contributed by atoms with van der Waals surface area (Å²) in [6.45, 7) is 2.15. The molecule has 0 amide bonds. The molecule has 0 spiro atoms. The van der Waals surface area contributed by atoms with Gasteiger partial charge in [0.2, 0.25) is 0 Å². The van der Waals surface area contributed by atoms with Gasteiger partial charge in [0.15, 0.2) is 0 Å². The Labute approximate surface area is 56.0 Å². The first kappa shape index (κ1) is 5.69. The quantitative estimate of drug-likeness (QED) is 0.557. The topological polar surface area (TPSA) is 26.1 Å². The van der Waals surface area contributed by atoms with Gasteiger partial charge in [-0.1, -0.05) is 0 Å². The van der Waals surface area contributed by atoms with Crippen LogP contribution in [0.4, 0.5) is 0 Å². The van der Waals surface area contributed by atoms with Crippen molar-refractivity contribution in [2.24, 2.45) is 0 Å². The minimum atomic E-state index is 0.734. The summed E-state index contributed by atoms with van der Waals surface area (Å²) in [6.07, 6.45) is 4.07. The number of hydrogen-bond donors (Lipinski definition) is 1. The largest absolute Gasteiger partial charge is 0.310 e. The van der Waals surface area contributed by atoms with Gasteiger partial charge in [-0.05, 0) is 19.3 Å². The van der Waals surface area contributed by atoms with Gasteiger partial charge < -0.3 is 5.32 Å². The Morgan fingerprint density at radius 3 is 2.56 bits per heavy atom. The second kappa shape index (κ2) is 2.27. The molecule has 0 bridgehead atoms. The van der Waals surface area contributed by atoms with Gasteiger partial charge in [0, 0.05) is 25.2 Å². The maximum absolute atomic E-state index is 4.28. The first-order valence-corrected chi connectivity index (χ1v) is 3.84. The molecule has 1 saturated heterocycles. The van der Waals surface area contributed by atoms with Crippen LogP contribution in [-0.4, -0.2) is 25.2 Å². The zero-order chi connectivity index (χ0) is 6.10. The van der Waals surface area contributed by atoms with E-state index in [2.05, 4.69) is 10.6 Å². The zero-order valence-corrected chi connectivity index (χ0v) is 5.64. The number of nitrogens with one attached hydrogen (secondary N) is 1. The summed E-state index contributed by atoms with van der Waals surface area (Å²) in [5.41, 5.74) is 0. The highest BCUT2D eigenvalue weighted by Gasteiger charge is 2.25. The fraction of sp³-hybridized carbons (Fsp3) is 1.00. The van der Waals surface area contributed by atoms with Crippen LogP contribution >= 0.6 is 0 Å². The van der Waals surface area contributed by atoms with Crippen molar-refractivity contribution < 1.29 is 0 Å². The fourth-order valence-electron chi connectivity index (χ4n) is 1.30. The second-order valence-electron chi connectivity index (χ2n) is 3.06. The molecule has 2 fully saturated rings. The molecule has 1 N–H and O–H groups in total. The molecule has 2 aliphatic rings. The molecule has 1 heterocycles. The monoisotopic (exact) mass is 125 g/mol. The lowest BCUT2D eigenvalue weighted by Gasteiger charge is -2.07. The van der Waals surface area contributed by atoms with Gasteiger partial charge in [0.05, 0.1) is 0 Å². The first-order chi connectivity index (χ1) is 4.45. The smallest absolute Gasteiger partial charge is 0.0288 e. The average molecular weight is 125 g/mol. The molecule has 51 valence electrons. The van der Waals surface area contributed by atoms with E-state index in [1.807, 2.05) is 0 Å². The summed E-state index contributed by atoms with van der Waals surface area (Å²) in [5.74, 6) is 0. The lowest BCUT2D eigenvalue weighted by atomic mass is 10.2. The predicted octanol–water partition coefficient (Wildman–Crippen LogP) is 0.115. The molecule has 9 heavy (non-hydrogen) atoms. The van der Waals surface area contributed by atoms with Crippen LogP contribution in [0.1, 0.15) is 19.3 Å². The van der Waals surface area contributed by atoms with Crippen molar-refractivity contribution in [3.63, 3.8) is 0 Å². The van der Waals surface area contributed by atoms with Gasteiger partial charge in [-0.25, -0.2) is 5.32 Å². The predicted molar refractivity (Wildman–Crippen MR) is 36.4 cm³/mol. The molecule has 2 nitrogen and oxygen atoms in total. The molecule has 1 saturated carbocycles. The van der Waals surface area contributed by atoms with E-state index >= 15 is 0 Å². The molecule has 1 aliphatic carbocycles. The molecule has 1 atom stereocenters. The Balaban J connectivity index is 1.70. The van der Waals surface area contributed by atoms with E-state index in [1.54, 1.807) is 0 Å². The highest BCUT2D eigenvalue weighted by atomic mass is 15.1. The summed E-state index contributed by atoms with van der Waals surface area (Å²) in [6, 6.07) is 1.60. The Kier molecular flexibility index (Phi) is 1.44. The molecule has 2 rings (SSSR count). The maximum atomic E-state index is 4.28. The summed E-state index contributed by atoms with van der Waals surface area (Å²) in [7, 11) is 0. The molecular weight excluding hydrogens is 112 g/mol. The lowest BCUT2D eigenvalue weighted by Crippen LogP contribution is -2.31. The van der Waals surface area contributed by atoms with Crippen LogP contribution in [0.15, 0.2) is 0 Å². The van der Waals surface area contributed by atoms with Gasteiger partial charge in [0.1, 0.15) is 0 Å². The van der Waals surface area contributed by atoms with Crippen molar-refractivity contribution in [1.82, 2.24) is 10.6 Å². The van der Waals surface area contributed by atoms with Gasteiger partial charge in [0.25, 0.3) is 0 Å². The van der Waals surface area contributed by atoms with Crippen LogP contribution in [0.5, 0.6) is 0 Å². The van der Waals surface area contributed by atoms with Crippen molar-refractivity contribution in [2.45, 2.75) is 31.3 Å². The highest BCUT2D eigenvalue weighted by molar-refractivity contribution is 4.87. The van der Waals surface area contributed by atoms with Gasteiger partial charge in [-0.3, -0.25) is 0 Å². The van der Waals surface area contributed by atoms with Gasteiger partial charge in [-0.2, -0.15) is 0 Å². The van der Waals surface area contributed by atoms with E-state index in [4.69, 9.17) is 0 Å². The third-order valence-electron chi connectivity index (χ3n) is 2.03. The van der Waals surface area contributed by atoms with Gasteiger partial charge >= 0.3 is 0 Å². The van der Waals surface area contributed by atoms with E-state index in [0.29, 0.717) is 0 Å². The molecule has 1 radical (unpaired) electrons. The minimum absolute atomic E-state index is 0.734. The van der Waals surface area contributed by atoms with E-state index < -0.39 is 0 Å². The van der Waals surface area contributed by atoms with E-state index in [1.165, 1.54) is 19.3 Å². The highest BCUT2D eigenvalue weighted by Crippen LogP contribution is 2.20. The average Bonchev–Trinajstić information content (AvgIpc) is 2.46. The van der Waals surface area contributed by atoms with Crippen molar-refractivity contribution in [1.29, 1.82) is 0 Å². The minimum Gasteiger partial charge on any atom is -0.310 e. The summed E-state index contributed by atoms with van der Waals surface area (Å²) >= 11 is 0. The molecule has 1 aliphatic heterocycles. The third kappa shape index (κ3) is 1.43. The van der Waals surface area contributed by atoms with Crippen molar-refractivity contribution in [2.75, 3.05) is 13.1 Å². The Morgan fingerprint density at radius 1 is 1.11 bits per heavy atom. The van der Waals surface area contributed by atoms with Crippen molar-refractivity contribution in [3.8, 4) is 0 Å². The van der Waals surface area contributed by atoms with Crippen molar-refractivity contribution >= 4 is 0 Å². The standard InChI is InChI=1S/C7H13N2/c1-2-6(1)9-7-3-4-8-5-7/h6-7,9H,1-5H2. The number of rotatable bonds is 2. The van der Waals surface area contributed by atoms with Crippen LogP contribution < -0.4 is 10.6 Å². The Hall–Kier alpha value is -0.0800.